The molecule has 0 aromatic carbocycles. The molecule has 1 saturated carbocycles. The van der Waals surface area contributed by atoms with Crippen LogP contribution in [0.25, 0.3) is 0 Å². The lowest BCUT2D eigenvalue weighted by atomic mass is 9.96. The van der Waals surface area contributed by atoms with E-state index in [2.05, 4.69) is 10.6 Å². The van der Waals surface area contributed by atoms with Gasteiger partial charge in [0.25, 0.3) is 0 Å². The van der Waals surface area contributed by atoms with Crippen molar-refractivity contribution in [3.05, 3.63) is 0 Å². The number of carbonyl (C=O) groups is 2. The van der Waals surface area contributed by atoms with Crippen LogP contribution in [-0.2, 0) is 4.79 Å². The van der Waals surface area contributed by atoms with Crippen molar-refractivity contribution in [3.63, 3.8) is 0 Å². The largest absolute Gasteiger partial charge is 0.359 e. The van der Waals surface area contributed by atoms with Crippen molar-refractivity contribution in [1.82, 2.24) is 15.5 Å². The van der Waals surface area contributed by atoms with E-state index in [1.807, 2.05) is 0 Å². The van der Waals surface area contributed by atoms with Gasteiger partial charge in [-0.1, -0.05) is 19.3 Å². The van der Waals surface area contributed by atoms with Gasteiger partial charge in [0.2, 0.25) is 5.91 Å². The lowest BCUT2D eigenvalue weighted by molar-refractivity contribution is -0.124. The van der Waals surface area contributed by atoms with Gasteiger partial charge >= 0.3 is 6.03 Å². The van der Waals surface area contributed by atoms with E-state index < -0.39 is 0 Å². The molecule has 1 aliphatic heterocycles. The van der Waals surface area contributed by atoms with Gasteiger partial charge < -0.3 is 15.5 Å². The zero-order valence-corrected chi connectivity index (χ0v) is 11.1. The maximum atomic E-state index is 12.1. The number of hydrogen-bond donors (Lipinski definition) is 2. The van der Waals surface area contributed by atoms with Gasteiger partial charge in [-0.25, -0.2) is 4.79 Å². The molecule has 2 rings (SSSR count). The Morgan fingerprint density at radius 3 is 2.50 bits per heavy atom. The minimum atomic E-state index is -0.0351. The van der Waals surface area contributed by atoms with Crippen LogP contribution in [0.4, 0.5) is 4.79 Å². The number of carbonyl (C=O) groups excluding carboxylic acids is 2. The van der Waals surface area contributed by atoms with Crippen LogP contribution in [-0.4, -0.2) is 43.0 Å². The predicted octanol–water partition coefficient (Wildman–Crippen LogP) is 1.10. The summed E-state index contributed by atoms with van der Waals surface area (Å²) in [6.45, 7) is 1.24. The number of hydrogen-bond acceptors (Lipinski definition) is 2. The molecular formula is C13H23N3O2. The Morgan fingerprint density at radius 2 is 1.83 bits per heavy atom. The van der Waals surface area contributed by atoms with Crippen LogP contribution >= 0.6 is 0 Å². The third-order valence-corrected chi connectivity index (χ3v) is 4.03. The third kappa shape index (κ3) is 3.15. The van der Waals surface area contributed by atoms with Crippen molar-refractivity contribution in [3.8, 4) is 0 Å². The van der Waals surface area contributed by atoms with Crippen LogP contribution in [0.2, 0.25) is 0 Å². The highest BCUT2D eigenvalue weighted by atomic mass is 16.2. The summed E-state index contributed by atoms with van der Waals surface area (Å²) < 4.78 is 0. The molecular weight excluding hydrogens is 230 g/mol. The van der Waals surface area contributed by atoms with Crippen molar-refractivity contribution in [2.24, 2.45) is 5.92 Å². The zero-order valence-electron chi connectivity index (χ0n) is 11.1. The minimum Gasteiger partial charge on any atom is -0.359 e. The van der Waals surface area contributed by atoms with E-state index in [-0.39, 0.29) is 17.9 Å². The molecule has 2 N–H and O–H groups in total. The van der Waals surface area contributed by atoms with Gasteiger partial charge in [-0.2, -0.15) is 0 Å². The SMILES string of the molecule is CNC(=O)[C@H]1CCN(C(=O)NC2CCCCC2)C1. The molecule has 102 valence electrons. The molecule has 5 nitrogen and oxygen atoms in total. The summed E-state index contributed by atoms with van der Waals surface area (Å²) >= 11 is 0. The molecule has 1 saturated heterocycles. The molecule has 1 heterocycles. The number of urea groups is 1. The molecule has 1 atom stereocenters. The Kier molecular flexibility index (Phi) is 4.44. The van der Waals surface area contributed by atoms with E-state index in [1.165, 1.54) is 19.3 Å². The zero-order chi connectivity index (χ0) is 13.0. The van der Waals surface area contributed by atoms with Crippen LogP contribution in [0.1, 0.15) is 38.5 Å². The molecule has 18 heavy (non-hydrogen) atoms. The topological polar surface area (TPSA) is 61.4 Å². The first kappa shape index (κ1) is 13.2. The number of nitrogens with zero attached hydrogens (tertiary/aromatic N) is 1. The van der Waals surface area contributed by atoms with Gasteiger partial charge in [0.15, 0.2) is 0 Å². The highest BCUT2D eigenvalue weighted by molar-refractivity contribution is 5.81. The molecule has 0 aromatic rings. The summed E-state index contributed by atoms with van der Waals surface area (Å²) in [4.78, 5) is 25.3. The van der Waals surface area contributed by atoms with Crippen molar-refractivity contribution >= 4 is 11.9 Å². The van der Waals surface area contributed by atoms with Crippen LogP contribution in [0.5, 0.6) is 0 Å². The normalized spacial score (nSPS) is 24.9. The lowest BCUT2D eigenvalue weighted by Crippen LogP contribution is -2.45. The molecule has 5 heteroatoms. The fourth-order valence-electron chi connectivity index (χ4n) is 2.88. The summed E-state index contributed by atoms with van der Waals surface area (Å²) in [5.74, 6) is 0.00933. The first-order chi connectivity index (χ1) is 8.70. The average Bonchev–Trinajstić information content (AvgIpc) is 2.88. The summed E-state index contributed by atoms with van der Waals surface area (Å²) in [5, 5.41) is 5.74. The predicted molar refractivity (Wildman–Crippen MR) is 69.2 cm³/mol. The lowest BCUT2D eigenvalue weighted by Gasteiger charge is -2.26. The van der Waals surface area contributed by atoms with E-state index in [1.54, 1.807) is 11.9 Å². The first-order valence-electron chi connectivity index (χ1n) is 6.97. The second-order valence-corrected chi connectivity index (χ2v) is 5.33. The monoisotopic (exact) mass is 253 g/mol. The third-order valence-electron chi connectivity index (χ3n) is 4.03. The Bertz CT molecular complexity index is 313. The first-order valence-corrected chi connectivity index (χ1v) is 6.97. The molecule has 0 bridgehead atoms. The van der Waals surface area contributed by atoms with Crippen molar-refractivity contribution < 1.29 is 9.59 Å². The fraction of sp³-hybridized carbons (Fsp3) is 0.846. The standard InChI is InChI=1S/C13H23N3O2/c1-14-12(17)10-7-8-16(9-10)13(18)15-11-5-3-2-4-6-11/h10-11H,2-9H2,1H3,(H,14,17)(H,15,18)/t10-/m0/s1. The second-order valence-electron chi connectivity index (χ2n) is 5.33. The molecule has 0 radical (unpaired) electrons. The van der Waals surface area contributed by atoms with Gasteiger partial charge in [-0.15, -0.1) is 0 Å². The number of amides is 3. The van der Waals surface area contributed by atoms with E-state index in [0.29, 0.717) is 19.1 Å². The van der Waals surface area contributed by atoms with Crippen LogP contribution < -0.4 is 10.6 Å². The highest BCUT2D eigenvalue weighted by Crippen LogP contribution is 2.19. The number of nitrogens with one attached hydrogen (secondary N) is 2. The number of rotatable bonds is 2. The Labute approximate surface area is 108 Å². The summed E-state index contributed by atoms with van der Waals surface area (Å²) in [6, 6.07) is 0.346. The van der Waals surface area contributed by atoms with E-state index in [4.69, 9.17) is 0 Å². The van der Waals surface area contributed by atoms with Crippen LogP contribution in [0.3, 0.4) is 0 Å². The van der Waals surface area contributed by atoms with Gasteiger partial charge in [0.05, 0.1) is 5.92 Å². The molecule has 2 fully saturated rings. The van der Waals surface area contributed by atoms with Gasteiger partial charge in [0.1, 0.15) is 0 Å². The molecule has 0 unspecified atom stereocenters. The van der Waals surface area contributed by atoms with Crippen molar-refractivity contribution in [1.29, 1.82) is 0 Å². The van der Waals surface area contributed by atoms with E-state index in [0.717, 1.165) is 19.3 Å². The summed E-state index contributed by atoms with van der Waals surface area (Å²) in [5.41, 5.74) is 0. The van der Waals surface area contributed by atoms with Crippen LogP contribution in [0, 0.1) is 5.92 Å². The molecule has 3 amide bonds. The Morgan fingerprint density at radius 1 is 1.11 bits per heavy atom. The number of likely N-dealkylation sites (tertiary alicyclic amines) is 1. The smallest absolute Gasteiger partial charge is 0.317 e. The maximum Gasteiger partial charge on any atom is 0.317 e. The molecule has 2 aliphatic rings. The van der Waals surface area contributed by atoms with Gasteiger partial charge in [-0.3, -0.25) is 4.79 Å². The van der Waals surface area contributed by atoms with E-state index in [9.17, 15) is 9.59 Å². The van der Waals surface area contributed by atoms with Crippen molar-refractivity contribution in [2.75, 3.05) is 20.1 Å². The quantitative estimate of drug-likeness (QED) is 0.774. The average molecular weight is 253 g/mol. The summed E-state index contributed by atoms with van der Waals surface area (Å²) in [7, 11) is 1.65. The highest BCUT2D eigenvalue weighted by Gasteiger charge is 2.31. The fourth-order valence-corrected chi connectivity index (χ4v) is 2.88. The molecule has 1 aliphatic carbocycles. The maximum absolute atomic E-state index is 12.1. The van der Waals surface area contributed by atoms with Gasteiger partial charge in [-0.05, 0) is 19.3 Å². The molecule has 0 spiro atoms. The second kappa shape index (κ2) is 6.07. The minimum absolute atomic E-state index is 0.00769. The Balaban J connectivity index is 1.78. The van der Waals surface area contributed by atoms with E-state index >= 15 is 0 Å². The van der Waals surface area contributed by atoms with Gasteiger partial charge in [0, 0.05) is 26.2 Å². The van der Waals surface area contributed by atoms with Crippen molar-refractivity contribution in [2.45, 2.75) is 44.6 Å². The van der Waals surface area contributed by atoms with Crippen LogP contribution in [0.15, 0.2) is 0 Å². The Hall–Kier alpha value is -1.26. The summed E-state index contributed by atoms with van der Waals surface area (Å²) in [6.07, 6.45) is 6.68. The molecule has 0 aromatic heterocycles.